The summed E-state index contributed by atoms with van der Waals surface area (Å²) in [7, 11) is 1.60. The van der Waals surface area contributed by atoms with Gasteiger partial charge in [0.25, 0.3) is 5.91 Å². The number of ether oxygens (including phenoxy) is 2. The number of rotatable bonds is 11. The van der Waals surface area contributed by atoms with E-state index in [1.54, 1.807) is 31.4 Å². The normalized spacial score (nSPS) is 16.6. The standard InChI is InChI=1S/C31H35N3O5/c1-20(2)22-10-14-25(15-11-22)32-29(35)28(21(3)23-8-6-5-7-9-23)34-30(36)27(33-31(34)37)24-12-16-26(17-13-24)39-19-18-38-4/h5-17,20-21,27-28H,18-19H2,1-4H3,(H,32,35)(H,33,37)/t21?,27-,28?/m1/s1. The maximum atomic E-state index is 13.7. The van der Waals surface area contributed by atoms with Crippen molar-refractivity contribution >= 4 is 23.5 Å². The molecule has 39 heavy (non-hydrogen) atoms. The fraction of sp³-hybridized carbons (Fsp3) is 0.323. The summed E-state index contributed by atoms with van der Waals surface area (Å²) in [5.74, 6) is -0.385. The number of amides is 4. The Kier molecular flexibility index (Phi) is 8.99. The van der Waals surface area contributed by atoms with Crippen molar-refractivity contribution in [2.75, 3.05) is 25.6 Å². The molecule has 3 aromatic carbocycles. The molecule has 3 aromatic rings. The molecule has 1 aliphatic rings. The number of nitrogens with one attached hydrogen (secondary N) is 2. The van der Waals surface area contributed by atoms with Crippen molar-refractivity contribution in [2.24, 2.45) is 0 Å². The number of anilines is 1. The predicted octanol–water partition coefficient (Wildman–Crippen LogP) is 5.24. The number of carbonyl (C=O) groups is 3. The smallest absolute Gasteiger partial charge is 0.325 e. The van der Waals surface area contributed by atoms with E-state index in [1.807, 2.05) is 61.5 Å². The van der Waals surface area contributed by atoms with Gasteiger partial charge >= 0.3 is 6.03 Å². The van der Waals surface area contributed by atoms with Crippen LogP contribution >= 0.6 is 0 Å². The van der Waals surface area contributed by atoms with Gasteiger partial charge in [-0.15, -0.1) is 0 Å². The third-order valence-corrected chi connectivity index (χ3v) is 6.93. The molecule has 0 aliphatic carbocycles. The number of hydrogen-bond acceptors (Lipinski definition) is 5. The number of hydrogen-bond donors (Lipinski definition) is 2. The summed E-state index contributed by atoms with van der Waals surface area (Å²) in [6.07, 6.45) is 0. The van der Waals surface area contributed by atoms with Gasteiger partial charge in [-0.25, -0.2) is 9.69 Å². The monoisotopic (exact) mass is 529 g/mol. The minimum atomic E-state index is -1.06. The van der Waals surface area contributed by atoms with Crippen LogP contribution in [0, 0.1) is 0 Å². The molecule has 1 heterocycles. The van der Waals surface area contributed by atoms with Crippen LogP contribution in [0.4, 0.5) is 10.5 Å². The lowest BCUT2D eigenvalue weighted by atomic mass is 9.91. The quantitative estimate of drug-likeness (QED) is 0.262. The summed E-state index contributed by atoms with van der Waals surface area (Å²) in [5.41, 5.74) is 3.19. The summed E-state index contributed by atoms with van der Waals surface area (Å²) < 4.78 is 10.6. The van der Waals surface area contributed by atoms with E-state index in [1.165, 1.54) is 0 Å². The average molecular weight is 530 g/mol. The maximum absolute atomic E-state index is 13.7. The molecule has 2 unspecified atom stereocenters. The number of urea groups is 1. The average Bonchev–Trinajstić information content (AvgIpc) is 3.23. The number of carbonyl (C=O) groups excluding carboxylic acids is 3. The van der Waals surface area contributed by atoms with Crippen LogP contribution in [0.15, 0.2) is 78.9 Å². The van der Waals surface area contributed by atoms with E-state index >= 15 is 0 Å². The van der Waals surface area contributed by atoms with Crippen LogP contribution < -0.4 is 15.4 Å². The van der Waals surface area contributed by atoms with Gasteiger partial charge < -0.3 is 20.1 Å². The minimum absolute atomic E-state index is 0.356. The largest absolute Gasteiger partial charge is 0.491 e. The molecular formula is C31H35N3O5. The van der Waals surface area contributed by atoms with E-state index < -0.39 is 35.8 Å². The molecule has 3 atom stereocenters. The van der Waals surface area contributed by atoms with E-state index in [-0.39, 0.29) is 0 Å². The molecule has 4 amide bonds. The Morgan fingerprint density at radius 1 is 0.897 bits per heavy atom. The Morgan fingerprint density at radius 2 is 1.56 bits per heavy atom. The molecule has 8 nitrogen and oxygen atoms in total. The number of methoxy groups -OCH3 is 1. The van der Waals surface area contributed by atoms with Crippen LogP contribution in [0.5, 0.6) is 5.75 Å². The molecule has 204 valence electrons. The molecule has 8 heteroatoms. The molecule has 1 fully saturated rings. The third-order valence-electron chi connectivity index (χ3n) is 6.93. The highest BCUT2D eigenvalue weighted by atomic mass is 16.5. The lowest BCUT2D eigenvalue weighted by Gasteiger charge is -2.30. The van der Waals surface area contributed by atoms with E-state index in [2.05, 4.69) is 24.5 Å². The van der Waals surface area contributed by atoms with Crippen LogP contribution in [0.2, 0.25) is 0 Å². The van der Waals surface area contributed by atoms with E-state index in [0.29, 0.717) is 36.1 Å². The van der Waals surface area contributed by atoms with Crippen LogP contribution in [-0.2, 0) is 14.3 Å². The number of nitrogens with zero attached hydrogens (tertiary/aromatic N) is 1. The highest BCUT2D eigenvalue weighted by Crippen LogP contribution is 2.31. The van der Waals surface area contributed by atoms with Gasteiger partial charge in [-0.05, 0) is 46.9 Å². The first-order valence-corrected chi connectivity index (χ1v) is 13.1. The van der Waals surface area contributed by atoms with Crippen LogP contribution in [0.25, 0.3) is 0 Å². The molecule has 0 saturated carbocycles. The topological polar surface area (TPSA) is 97.0 Å². The Bertz CT molecular complexity index is 1280. The summed E-state index contributed by atoms with van der Waals surface area (Å²) in [5, 5.41) is 5.69. The molecule has 4 rings (SSSR count). The highest BCUT2D eigenvalue weighted by molar-refractivity contribution is 6.09. The lowest BCUT2D eigenvalue weighted by Crippen LogP contribution is -2.50. The highest BCUT2D eigenvalue weighted by Gasteiger charge is 2.47. The fourth-order valence-electron chi connectivity index (χ4n) is 4.66. The lowest BCUT2D eigenvalue weighted by molar-refractivity contribution is -0.134. The Hall–Kier alpha value is -4.17. The SMILES string of the molecule is COCCOc1ccc([C@H]2NC(=O)N(C(C(=O)Nc3ccc(C(C)C)cc3)C(C)c3ccccc3)C2=O)cc1. The number of imide groups is 1. The van der Waals surface area contributed by atoms with E-state index in [0.717, 1.165) is 16.0 Å². The maximum Gasteiger partial charge on any atom is 0.325 e. The third kappa shape index (κ3) is 6.46. The molecule has 0 spiro atoms. The molecular weight excluding hydrogens is 494 g/mol. The van der Waals surface area contributed by atoms with Crippen molar-refractivity contribution in [3.63, 3.8) is 0 Å². The first-order chi connectivity index (χ1) is 18.8. The second-order valence-electron chi connectivity index (χ2n) is 9.91. The van der Waals surface area contributed by atoms with Crippen molar-refractivity contribution in [3.8, 4) is 5.75 Å². The van der Waals surface area contributed by atoms with Gasteiger partial charge in [-0.3, -0.25) is 9.59 Å². The minimum Gasteiger partial charge on any atom is -0.491 e. The van der Waals surface area contributed by atoms with Crippen LogP contribution in [0.1, 0.15) is 55.3 Å². The summed E-state index contributed by atoms with van der Waals surface area (Å²) in [4.78, 5) is 41.7. The van der Waals surface area contributed by atoms with E-state index in [4.69, 9.17) is 9.47 Å². The molecule has 0 aromatic heterocycles. The van der Waals surface area contributed by atoms with Gasteiger partial charge in [0.2, 0.25) is 5.91 Å². The molecule has 1 saturated heterocycles. The molecule has 1 aliphatic heterocycles. The Balaban J connectivity index is 1.59. The van der Waals surface area contributed by atoms with E-state index in [9.17, 15) is 14.4 Å². The van der Waals surface area contributed by atoms with Gasteiger partial charge in [0.05, 0.1) is 6.61 Å². The molecule has 2 N–H and O–H groups in total. The van der Waals surface area contributed by atoms with Crippen molar-refractivity contribution in [1.82, 2.24) is 10.2 Å². The summed E-state index contributed by atoms with van der Waals surface area (Å²) in [6.45, 7) is 6.90. The second kappa shape index (κ2) is 12.6. The molecule has 0 bridgehead atoms. The fourth-order valence-corrected chi connectivity index (χ4v) is 4.66. The van der Waals surface area contributed by atoms with Crippen molar-refractivity contribution in [3.05, 3.63) is 95.6 Å². The van der Waals surface area contributed by atoms with Crippen molar-refractivity contribution in [2.45, 2.75) is 44.7 Å². The summed E-state index contributed by atoms with van der Waals surface area (Å²) >= 11 is 0. The first kappa shape index (κ1) is 27.9. The predicted molar refractivity (Wildman–Crippen MR) is 150 cm³/mol. The Morgan fingerprint density at radius 3 is 2.18 bits per heavy atom. The zero-order valence-corrected chi connectivity index (χ0v) is 22.7. The van der Waals surface area contributed by atoms with Gasteiger partial charge in [0.15, 0.2) is 0 Å². The summed E-state index contributed by atoms with van der Waals surface area (Å²) in [6, 6.07) is 21.4. The van der Waals surface area contributed by atoms with Crippen molar-refractivity contribution < 1.29 is 23.9 Å². The zero-order chi connectivity index (χ0) is 27.9. The molecule has 0 radical (unpaired) electrons. The number of benzene rings is 3. The van der Waals surface area contributed by atoms with Crippen LogP contribution in [-0.4, -0.2) is 49.1 Å². The second-order valence-corrected chi connectivity index (χ2v) is 9.91. The first-order valence-electron chi connectivity index (χ1n) is 13.1. The van der Waals surface area contributed by atoms with Gasteiger partial charge in [0, 0.05) is 18.7 Å². The zero-order valence-electron chi connectivity index (χ0n) is 22.7. The van der Waals surface area contributed by atoms with Gasteiger partial charge in [-0.1, -0.05) is 75.4 Å². The van der Waals surface area contributed by atoms with Crippen molar-refractivity contribution in [1.29, 1.82) is 0 Å². The van der Waals surface area contributed by atoms with Gasteiger partial charge in [-0.2, -0.15) is 0 Å². The Labute approximate surface area is 229 Å². The van der Waals surface area contributed by atoms with Gasteiger partial charge in [0.1, 0.15) is 24.4 Å². The van der Waals surface area contributed by atoms with Crippen LogP contribution in [0.3, 0.4) is 0 Å².